The predicted octanol–water partition coefficient (Wildman–Crippen LogP) is 2.12. The molecule has 2 aliphatic rings. The molecule has 1 atom stereocenters. The molecule has 126 valence electrons. The normalized spacial score (nSPS) is 22.6. The number of alkyl halides is 3. The fraction of sp³-hybridized carbons (Fsp3) is 0.600. The molecule has 0 aromatic carbocycles. The molecule has 23 heavy (non-hydrogen) atoms. The fourth-order valence-corrected chi connectivity index (χ4v) is 2.43. The Balaban J connectivity index is 1.62. The topological polar surface area (TPSA) is 51.7 Å². The highest BCUT2D eigenvalue weighted by Crippen LogP contribution is 2.31. The lowest BCUT2D eigenvalue weighted by Crippen LogP contribution is -2.40. The third-order valence-electron chi connectivity index (χ3n) is 3.82. The quantitative estimate of drug-likeness (QED) is 0.852. The van der Waals surface area contributed by atoms with Crippen molar-refractivity contribution in [3.63, 3.8) is 0 Å². The molecule has 1 aromatic rings. The molecule has 0 N–H and O–H groups in total. The SMILES string of the molecule is O=C(C1CC1)N1CCOC[C@H](Oc2ccc(C(F)(F)F)cn2)C1. The summed E-state index contributed by atoms with van der Waals surface area (Å²) >= 11 is 0. The van der Waals surface area contributed by atoms with E-state index in [0.29, 0.717) is 19.7 Å². The van der Waals surface area contributed by atoms with Crippen LogP contribution in [0.2, 0.25) is 0 Å². The van der Waals surface area contributed by atoms with Gasteiger partial charge in [-0.25, -0.2) is 4.98 Å². The van der Waals surface area contributed by atoms with E-state index in [2.05, 4.69) is 4.98 Å². The Morgan fingerprint density at radius 3 is 2.74 bits per heavy atom. The van der Waals surface area contributed by atoms with E-state index in [0.717, 1.165) is 25.1 Å². The van der Waals surface area contributed by atoms with Crippen molar-refractivity contribution < 1.29 is 27.4 Å². The average molecular weight is 330 g/mol. The Morgan fingerprint density at radius 1 is 1.35 bits per heavy atom. The van der Waals surface area contributed by atoms with Gasteiger partial charge in [0.25, 0.3) is 0 Å². The van der Waals surface area contributed by atoms with Gasteiger partial charge in [-0.05, 0) is 18.9 Å². The van der Waals surface area contributed by atoms with E-state index < -0.39 is 17.8 Å². The van der Waals surface area contributed by atoms with Crippen LogP contribution in [0, 0.1) is 5.92 Å². The zero-order valence-corrected chi connectivity index (χ0v) is 12.4. The van der Waals surface area contributed by atoms with Crippen molar-refractivity contribution in [3.05, 3.63) is 23.9 Å². The van der Waals surface area contributed by atoms with Crippen LogP contribution in [0.3, 0.4) is 0 Å². The predicted molar refractivity (Wildman–Crippen MR) is 73.8 cm³/mol. The number of hydrogen-bond acceptors (Lipinski definition) is 4. The first-order valence-electron chi connectivity index (χ1n) is 7.50. The Bertz CT molecular complexity index is 558. The first kappa shape index (κ1) is 16.0. The lowest BCUT2D eigenvalue weighted by molar-refractivity contribution is -0.138. The molecule has 3 rings (SSSR count). The van der Waals surface area contributed by atoms with Crippen LogP contribution >= 0.6 is 0 Å². The minimum Gasteiger partial charge on any atom is -0.470 e. The summed E-state index contributed by atoms with van der Waals surface area (Å²) in [5.74, 6) is 0.301. The summed E-state index contributed by atoms with van der Waals surface area (Å²) in [5.41, 5.74) is -0.826. The Morgan fingerprint density at radius 2 is 2.13 bits per heavy atom. The van der Waals surface area contributed by atoms with Crippen LogP contribution in [0.5, 0.6) is 5.88 Å². The number of pyridine rings is 1. The van der Waals surface area contributed by atoms with E-state index in [1.54, 1.807) is 4.90 Å². The number of aromatic nitrogens is 1. The van der Waals surface area contributed by atoms with Crippen LogP contribution in [0.15, 0.2) is 18.3 Å². The molecular weight excluding hydrogens is 313 g/mol. The van der Waals surface area contributed by atoms with Crippen molar-refractivity contribution in [3.8, 4) is 5.88 Å². The smallest absolute Gasteiger partial charge is 0.417 e. The molecule has 0 unspecified atom stereocenters. The molecule has 8 heteroatoms. The standard InChI is InChI=1S/C15H17F3N2O3/c16-15(17,18)11-3-4-13(19-7-11)23-12-8-20(5-6-22-9-12)14(21)10-1-2-10/h3-4,7,10,12H,1-2,5-6,8-9H2/t12-/m1/s1. The van der Waals surface area contributed by atoms with Gasteiger partial charge in [0.05, 0.1) is 25.3 Å². The van der Waals surface area contributed by atoms with E-state index in [1.165, 1.54) is 6.07 Å². The van der Waals surface area contributed by atoms with Gasteiger partial charge in [0, 0.05) is 24.7 Å². The average Bonchev–Trinajstić information content (AvgIpc) is 3.34. The second kappa shape index (κ2) is 6.35. The number of hydrogen-bond donors (Lipinski definition) is 0. The third kappa shape index (κ3) is 4.13. The Kier molecular flexibility index (Phi) is 4.43. The molecule has 2 fully saturated rings. The molecule has 1 aliphatic carbocycles. The first-order valence-corrected chi connectivity index (χ1v) is 7.50. The maximum Gasteiger partial charge on any atom is 0.417 e. The van der Waals surface area contributed by atoms with E-state index >= 15 is 0 Å². The van der Waals surface area contributed by atoms with Crippen molar-refractivity contribution in [2.45, 2.75) is 25.1 Å². The van der Waals surface area contributed by atoms with Crippen LogP contribution in [0.1, 0.15) is 18.4 Å². The van der Waals surface area contributed by atoms with E-state index in [1.807, 2.05) is 0 Å². The van der Waals surface area contributed by atoms with Crippen LogP contribution in [0.4, 0.5) is 13.2 Å². The monoisotopic (exact) mass is 330 g/mol. The molecular formula is C15H17F3N2O3. The van der Waals surface area contributed by atoms with Crippen LogP contribution in [0.25, 0.3) is 0 Å². The summed E-state index contributed by atoms with van der Waals surface area (Å²) in [6, 6.07) is 2.10. The molecule has 0 radical (unpaired) electrons. The van der Waals surface area contributed by atoms with Crippen molar-refractivity contribution >= 4 is 5.91 Å². The van der Waals surface area contributed by atoms with Gasteiger partial charge in [-0.3, -0.25) is 4.79 Å². The number of amides is 1. The molecule has 5 nitrogen and oxygen atoms in total. The van der Waals surface area contributed by atoms with Gasteiger partial charge < -0.3 is 14.4 Å². The molecule has 1 amide bonds. The summed E-state index contributed by atoms with van der Waals surface area (Å²) in [7, 11) is 0. The number of halogens is 3. The molecule has 0 bridgehead atoms. The van der Waals surface area contributed by atoms with Crippen molar-refractivity contribution in [1.29, 1.82) is 0 Å². The largest absolute Gasteiger partial charge is 0.470 e. The van der Waals surface area contributed by atoms with Crippen LogP contribution in [-0.2, 0) is 15.7 Å². The number of carbonyl (C=O) groups excluding carboxylic acids is 1. The van der Waals surface area contributed by atoms with Crippen molar-refractivity contribution in [2.24, 2.45) is 5.92 Å². The molecule has 2 heterocycles. The highest BCUT2D eigenvalue weighted by atomic mass is 19.4. The van der Waals surface area contributed by atoms with Crippen LogP contribution in [-0.4, -0.2) is 48.2 Å². The maximum absolute atomic E-state index is 12.5. The van der Waals surface area contributed by atoms with Crippen molar-refractivity contribution in [1.82, 2.24) is 9.88 Å². The van der Waals surface area contributed by atoms with E-state index in [4.69, 9.17) is 9.47 Å². The highest BCUT2D eigenvalue weighted by molar-refractivity contribution is 5.81. The Hall–Kier alpha value is -1.83. The van der Waals surface area contributed by atoms with Gasteiger partial charge in [0.2, 0.25) is 11.8 Å². The summed E-state index contributed by atoms with van der Waals surface area (Å²) in [4.78, 5) is 17.5. The molecule has 1 saturated heterocycles. The maximum atomic E-state index is 12.5. The summed E-state index contributed by atoms with van der Waals surface area (Å²) in [5, 5.41) is 0. The van der Waals surface area contributed by atoms with Gasteiger partial charge in [-0.15, -0.1) is 0 Å². The number of carbonyl (C=O) groups is 1. The zero-order chi connectivity index (χ0) is 16.4. The van der Waals surface area contributed by atoms with Gasteiger partial charge in [-0.2, -0.15) is 13.2 Å². The minimum absolute atomic E-state index is 0.0901. The lowest BCUT2D eigenvalue weighted by Gasteiger charge is -2.24. The van der Waals surface area contributed by atoms with Crippen molar-refractivity contribution in [2.75, 3.05) is 26.3 Å². The highest BCUT2D eigenvalue weighted by Gasteiger charge is 2.35. The zero-order valence-electron chi connectivity index (χ0n) is 12.4. The van der Waals surface area contributed by atoms with Gasteiger partial charge in [0.1, 0.15) is 6.10 Å². The van der Waals surface area contributed by atoms with E-state index in [-0.39, 0.29) is 24.3 Å². The fourth-order valence-electron chi connectivity index (χ4n) is 2.43. The minimum atomic E-state index is -4.43. The second-order valence-electron chi connectivity index (χ2n) is 5.76. The van der Waals surface area contributed by atoms with Gasteiger partial charge >= 0.3 is 6.18 Å². The first-order chi connectivity index (χ1) is 10.9. The van der Waals surface area contributed by atoms with Gasteiger partial charge in [-0.1, -0.05) is 0 Å². The van der Waals surface area contributed by atoms with Gasteiger partial charge in [0.15, 0.2) is 0 Å². The number of nitrogens with zero attached hydrogens (tertiary/aromatic N) is 2. The molecule has 0 spiro atoms. The number of rotatable bonds is 3. The Labute approximate surface area is 131 Å². The lowest BCUT2D eigenvalue weighted by atomic mass is 10.2. The molecule has 1 aliphatic heterocycles. The number of ether oxygens (including phenoxy) is 2. The third-order valence-corrected chi connectivity index (χ3v) is 3.82. The summed E-state index contributed by atoms with van der Waals surface area (Å²) < 4.78 is 48.5. The summed E-state index contributed by atoms with van der Waals surface area (Å²) in [6.45, 7) is 1.57. The summed E-state index contributed by atoms with van der Waals surface area (Å²) in [6.07, 6.45) is -2.29. The van der Waals surface area contributed by atoms with Crippen LogP contribution < -0.4 is 4.74 Å². The second-order valence-corrected chi connectivity index (χ2v) is 5.76. The molecule has 1 aromatic heterocycles. The molecule has 1 saturated carbocycles. The van der Waals surface area contributed by atoms with E-state index in [9.17, 15) is 18.0 Å².